The van der Waals surface area contributed by atoms with Gasteiger partial charge in [-0.3, -0.25) is 4.79 Å². The summed E-state index contributed by atoms with van der Waals surface area (Å²) in [6.45, 7) is -0.0493. The molecule has 0 fully saturated rings. The highest BCUT2D eigenvalue weighted by molar-refractivity contribution is 7.89. The predicted molar refractivity (Wildman–Crippen MR) is 118 cm³/mol. The highest BCUT2D eigenvalue weighted by Crippen LogP contribution is 2.24. The van der Waals surface area contributed by atoms with Crippen LogP contribution in [0.3, 0.4) is 0 Å². The molecule has 2 N–H and O–H groups in total. The van der Waals surface area contributed by atoms with Gasteiger partial charge >= 0.3 is 0 Å². The fraction of sp³-hybridized carbons (Fsp3) is 0.0952. The summed E-state index contributed by atoms with van der Waals surface area (Å²) in [4.78, 5) is 12.3. The summed E-state index contributed by atoms with van der Waals surface area (Å²) in [6.07, 6.45) is 0. The predicted octanol–water partition coefficient (Wildman–Crippen LogP) is 4.87. The van der Waals surface area contributed by atoms with E-state index in [2.05, 4.69) is 10.0 Å². The largest absolute Gasteiger partial charge is 0.496 e. The van der Waals surface area contributed by atoms with E-state index in [9.17, 15) is 17.6 Å². The van der Waals surface area contributed by atoms with Crippen molar-refractivity contribution < 1.29 is 22.3 Å². The Kier molecular flexibility index (Phi) is 7.17. The molecular weight excluding hydrogens is 466 g/mol. The summed E-state index contributed by atoms with van der Waals surface area (Å²) < 4.78 is 47.3. The van der Waals surface area contributed by atoms with Crippen LogP contribution in [0.25, 0.3) is 0 Å². The van der Waals surface area contributed by atoms with E-state index >= 15 is 0 Å². The Hall–Kier alpha value is -2.65. The number of sulfonamides is 1. The quantitative estimate of drug-likeness (QED) is 0.502. The Balaban J connectivity index is 1.82. The number of methoxy groups -OCH3 is 1. The Morgan fingerprint density at radius 2 is 1.71 bits per heavy atom. The van der Waals surface area contributed by atoms with E-state index < -0.39 is 27.3 Å². The molecule has 6 nitrogen and oxygen atoms in total. The van der Waals surface area contributed by atoms with Gasteiger partial charge in [0.1, 0.15) is 11.6 Å². The number of carbonyl (C=O) groups is 1. The van der Waals surface area contributed by atoms with Gasteiger partial charge in [-0.1, -0.05) is 41.4 Å². The van der Waals surface area contributed by atoms with Crippen LogP contribution in [0.4, 0.5) is 10.1 Å². The summed E-state index contributed by atoms with van der Waals surface area (Å²) in [5, 5.41) is 3.01. The van der Waals surface area contributed by atoms with Gasteiger partial charge in [-0.15, -0.1) is 0 Å². The van der Waals surface area contributed by atoms with Crippen LogP contribution in [0.2, 0.25) is 10.0 Å². The third kappa shape index (κ3) is 5.74. The molecule has 0 radical (unpaired) electrons. The summed E-state index contributed by atoms with van der Waals surface area (Å²) in [6, 6.07) is 14.2. The Labute approximate surface area is 189 Å². The minimum Gasteiger partial charge on any atom is -0.496 e. The first-order valence-corrected chi connectivity index (χ1v) is 11.1. The summed E-state index contributed by atoms with van der Waals surface area (Å²) in [5.74, 6) is -1.21. The van der Waals surface area contributed by atoms with Crippen LogP contribution in [-0.2, 0) is 16.6 Å². The lowest BCUT2D eigenvalue weighted by molar-refractivity contribution is 0.102. The molecular formula is C21H17Cl2FN2O4S. The van der Waals surface area contributed by atoms with Gasteiger partial charge in [-0.25, -0.2) is 17.5 Å². The third-order valence-corrected chi connectivity index (χ3v) is 6.09. The van der Waals surface area contributed by atoms with Crippen molar-refractivity contribution in [3.05, 3.63) is 87.7 Å². The van der Waals surface area contributed by atoms with Crippen LogP contribution < -0.4 is 14.8 Å². The lowest BCUT2D eigenvalue weighted by Gasteiger charge is -2.12. The molecule has 162 valence electrons. The number of amides is 1. The minimum atomic E-state index is -4.04. The first-order chi connectivity index (χ1) is 14.7. The molecule has 1 amide bonds. The number of para-hydroxylation sites is 1. The average Bonchev–Trinajstić information content (AvgIpc) is 2.71. The molecule has 0 unspecified atom stereocenters. The molecule has 0 saturated carbocycles. The molecule has 0 aliphatic heterocycles. The first kappa shape index (κ1) is 23.0. The topological polar surface area (TPSA) is 84.5 Å². The maximum atomic E-state index is 14.3. The molecule has 31 heavy (non-hydrogen) atoms. The summed E-state index contributed by atoms with van der Waals surface area (Å²) >= 11 is 11.8. The monoisotopic (exact) mass is 482 g/mol. The van der Waals surface area contributed by atoms with Gasteiger partial charge in [0, 0.05) is 27.8 Å². The molecule has 0 aliphatic carbocycles. The van der Waals surface area contributed by atoms with Crippen LogP contribution in [-0.4, -0.2) is 21.4 Å². The maximum absolute atomic E-state index is 14.3. The second-order valence-corrected chi connectivity index (χ2v) is 9.03. The van der Waals surface area contributed by atoms with Gasteiger partial charge in [-0.2, -0.15) is 0 Å². The SMILES string of the molecule is COc1ccccc1CNS(=O)(=O)c1ccc(F)c(C(=O)Nc2cc(Cl)cc(Cl)c2)c1. The van der Waals surface area contributed by atoms with Crippen LogP contribution in [0.1, 0.15) is 15.9 Å². The van der Waals surface area contributed by atoms with Crippen LogP contribution in [0, 0.1) is 5.82 Å². The van der Waals surface area contributed by atoms with Crippen molar-refractivity contribution in [3.8, 4) is 5.75 Å². The van der Waals surface area contributed by atoms with E-state index in [0.717, 1.165) is 18.2 Å². The Morgan fingerprint density at radius 3 is 2.39 bits per heavy atom. The molecule has 0 atom stereocenters. The van der Waals surface area contributed by atoms with Crippen LogP contribution in [0.15, 0.2) is 65.6 Å². The molecule has 0 heterocycles. The maximum Gasteiger partial charge on any atom is 0.258 e. The van der Waals surface area contributed by atoms with Crippen molar-refractivity contribution in [2.24, 2.45) is 0 Å². The number of benzene rings is 3. The first-order valence-electron chi connectivity index (χ1n) is 8.88. The van der Waals surface area contributed by atoms with Gasteiger partial charge in [-0.05, 0) is 42.5 Å². The molecule has 0 saturated heterocycles. The Morgan fingerprint density at radius 1 is 1.03 bits per heavy atom. The highest BCUT2D eigenvalue weighted by Gasteiger charge is 2.20. The number of hydrogen-bond acceptors (Lipinski definition) is 4. The lowest BCUT2D eigenvalue weighted by Crippen LogP contribution is -2.24. The smallest absolute Gasteiger partial charge is 0.258 e. The van der Waals surface area contributed by atoms with Crippen molar-refractivity contribution in [3.63, 3.8) is 0 Å². The zero-order valence-corrected chi connectivity index (χ0v) is 18.5. The van der Waals surface area contributed by atoms with Crippen molar-refractivity contribution in [2.45, 2.75) is 11.4 Å². The third-order valence-electron chi connectivity index (χ3n) is 4.26. The van der Waals surface area contributed by atoms with E-state index in [4.69, 9.17) is 27.9 Å². The number of hydrogen-bond donors (Lipinski definition) is 2. The Bertz CT molecular complexity index is 1220. The van der Waals surface area contributed by atoms with Gasteiger partial charge in [0.15, 0.2) is 0 Å². The fourth-order valence-electron chi connectivity index (χ4n) is 2.78. The van der Waals surface area contributed by atoms with Gasteiger partial charge < -0.3 is 10.1 Å². The highest BCUT2D eigenvalue weighted by atomic mass is 35.5. The fourth-order valence-corrected chi connectivity index (χ4v) is 4.33. The molecule has 0 aromatic heterocycles. The van der Waals surface area contributed by atoms with Crippen molar-refractivity contribution >= 4 is 44.8 Å². The molecule has 0 spiro atoms. The molecule has 3 aromatic carbocycles. The second kappa shape index (κ2) is 9.65. The van der Waals surface area contributed by atoms with Gasteiger partial charge in [0.25, 0.3) is 5.91 Å². The average molecular weight is 483 g/mol. The summed E-state index contributed by atoms with van der Waals surface area (Å²) in [5.41, 5.74) is 0.409. The van der Waals surface area contributed by atoms with E-state index in [1.54, 1.807) is 24.3 Å². The van der Waals surface area contributed by atoms with Crippen molar-refractivity contribution in [1.82, 2.24) is 4.72 Å². The molecule has 3 aromatic rings. The van der Waals surface area contributed by atoms with Crippen molar-refractivity contribution in [2.75, 3.05) is 12.4 Å². The number of carbonyl (C=O) groups excluding carboxylic acids is 1. The van der Waals surface area contributed by atoms with E-state index in [-0.39, 0.29) is 27.2 Å². The van der Waals surface area contributed by atoms with E-state index in [1.165, 1.54) is 25.3 Å². The number of halogens is 3. The number of ether oxygens (including phenoxy) is 1. The van der Waals surface area contributed by atoms with E-state index in [1.807, 2.05) is 0 Å². The molecule has 10 heteroatoms. The molecule has 0 aliphatic rings. The minimum absolute atomic E-state index is 0.0493. The van der Waals surface area contributed by atoms with Gasteiger partial charge in [0.2, 0.25) is 10.0 Å². The number of nitrogens with one attached hydrogen (secondary N) is 2. The lowest BCUT2D eigenvalue weighted by atomic mass is 10.2. The molecule has 3 rings (SSSR count). The normalized spacial score (nSPS) is 11.2. The van der Waals surface area contributed by atoms with Crippen molar-refractivity contribution in [1.29, 1.82) is 0 Å². The zero-order chi connectivity index (χ0) is 22.6. The van der Waals surface area contributed by atoms with Crippen LogP contribution in [0.5, 0.6) is 5.75 Å². The number of anilines is 1. The van der Waals surface area contributed by atoms with Crippen LogP contribution >= 0.6 is 23.2 Å². The second-order valence-electron chi connectivity index (χ2n) is 6.39. The summed E-state index contributed by atoms with van der Waals surface area (Å²) in [7, 11) is -2.56. The standard InChI is InChI=1S/C21H17Cl2FN2O4S/c1-30-20-5-3-2-4-13(20)12-25-31(28,29)17-6-7-19(24)18(11-17)21(27)26-16-9-14(22)8-15(23)10-16/h2-11,25H,12H2,1H3,(H,26,27). The molecule has 0 bridgehead atoms. The van der Waals surface area contributed by atoms with Gasteiger partial charge in [0.05, 0.1) is 17.6 Å². The zero-order valence-electron chi connectivity index (χ0n) is 16.2. The number of rotatable bonds is 7. The van der Waals surface area contributed by atoms with E-state index in [0.29, 0.717) is 11.3 Å².